The lowest BCUT2D eigenvalue weighted by Crippen LogP contribution is -2.13. The van der Waals surface area contributed by atoms with Crippen molar-refractivity contribution in [1.82, 2.24) is 0 Å². The molecule has 0 radical (unpaired) electrons. The second kappa shape index (κ2) is 5.83. The van der Waals surface area contributed by atoms with Crippen LogP contribution in [0, 0.1) is 0 Å². The first kappa shape index (κ1) is 12.8. The van der Waals surface area contributed by atoms with Crippen molar-refractivity contribution < 1.29 is 0 Å². The smallest absolute Gasteiger partial charge is 0.0557 e. The van der Waals surface area contributed by atoms with Crippen LogP contribution >= 0.6 is 0 Å². The lowest BCUT2D eigenvalue weighted by Gasteiger charge is -2.14. The molecule has 1 nitrogen and oxygen atoms in total. The summed E-state index contributed by atoms with van der Waals surface area (Å²) in [5, 5.41) is 0. The van der Waals surface area contributed by atoms with Crippen LogP contribution in [0.25, 0.3) is 0 Å². The molecule has 1 heteroatoms. The minimum atomic E-state index is 0.0369. The van der Waals surface area contributed by atoms with Crippen LogP contribution in [0.2, 0.25) is 0 Å². The van der Waals surface area contributed by atoms with Crippen LogP contribution in [-0.2, 0) is 12.8 Å². The van der Waals surface area contributed by atoms with Gasteiger partial charge in [-0.1, -0.05) is 62.4 Å². The topological polar surface area (TPSA) is 26.0 Å². The van der Waals surface area contributed by atoms with Crippen LogP contribution in [0.15, 0.2) is 48.5 Å². The van der Waals surface area contributed by atoms with E-state index in [4.69, 9.17) is 5.73 Å². The maximum absolute atomic E-state index is 6.36. The van der Waals surface area contributed by atoms with Crippen LogP contribution in [-0.4, -0.2) is 0 Å². The predicted molar refractivity (Wildman–Crippen MR) is 77.7 cm³/mol. The third-order valence-corrected chi connectivity index (χ3v) is 3.44. The fourth-order valence-corrected chi connectivity index (χ4v) is 2.57. The summed E-state index contributed by atoms with van der Waals surface area (Å²) in [6.45, 7) is 4.00. The van der Waals surface area contributed by atoms with Gasteiger partial charge in [-0.2, -0.15) is 0 Å². The Morgan fingerprint density at radius 1 is 0.778 bits per heavy atom. The lowest BCUT2D eigenvalue weighted by atomic mass is 9.96. The molecule has 0 spiro atoms. The number of nitrogens with two attached hydrogens (primary N) is 1. The number of fused-ring (bicyclic) bond motifs is 2. The van der Waals surface area contributed by atoms with Gasteiger partial charge in [0.1, 0.15) is 0 Å². The highest BCUT2D eigenvalue weighted by Gasteiger charge is 2.19. The molecule has 0 saturated carbocycles. The molecule has 0 unspecified atom stereocenters. The Kier molecular flexibility index (Phi) is 4.16. The molecule has 0 heterocycles. The van der Waals surface area contributed by atoms with Crippen molar-refractivity contribution in [1.29, 1.82) is 0 Å². The molecule has 0 fully saturated rings. The summed E-state index contributed by atoms with van der Waals surface area (Å²) in [4.78, 5) is 0. The Morgan fingerprint density at radius 2 is 1.17 bits per heavy atom. The minimum absolute atomic E-state index is 0.0369. The average molecular weight is 239 g/mol. The number of aryl methyl sites for hydroxylation is 2. The van der Waals surface area contributed by atoms with Crippen molar-refractivity contribution in [2.24, 2.45) is 5.73 Å². The lowest BCUT2D eigenvalue weighted by molar-refractivity contribution is 0.863. The highest BCUT2D eigenvalue weighted by molar-refractivity contribution is 5.43. The van der Waals surface area contributed by atoms with Crippen LogP contribution in [0.5, 0.6) is 0 Å². The van der Waals surface area contributed by atoms with E-state index in [2.05, 4.69) is 48.5 Å². The van der Waals surface area contributed by atoms with E-state index in [0.717, 1.165) is 12.8 Å². The Morgan fingerprint density at radius 3 is 1.61 bits per heavy atom. The molecule has 0 saturated heterocycles. The van der Waals surface area contributed by atoms with E-state index in [0.29, 0.717) is 0 Å². The predicted octanol–water partition coefficient (Wildman–Crippen LogP) is 3.86. The molecule has 1 aliphatic carbocycles. The monoisotopic (exact) mass is 239 g/mol. The van der Waals surface area contributed by atoms with Gasteiger partial charge >= 0.3 is 0 Å². The molecule has 0 bridgehead atoms. The van der Waals surface area contributed by atoms with Gasteiger partial charge < -0.3 is 5.73 Å². The summed E-state index contributed by atoms with van der Waals surface area (Å²) >= 11 is 0. The maximum atomic E-state index is 6.36. The molecule has 0 atom stereocenters. The van der Waals surface area contributed by atoms with Gasteiger partial charge in [0.15, 0.2) is 0 Å². The van der Waals surface area contributed by atoms with Gasteiger partial charge in [-0.25, -0.2) is 0 Å². The molecule has 2 aromatic carbocycles. The van der Waals surface area contributed by atoms with E-state index in [1.54, 1.807) is 0 Å². The fourth-order valence-electron chi connectivity index (χ4n) is 2.57. The average Bonchev–Trinajstić information content (AvgIpc) is 2.60. The van der Waals surface area contributed by atoms with E-state index in [1.165, 1.54) is 22.3 Å². The van der Waals surface area contributed by atoms with E-state index >= 15 is 0 Å². The molecule has 94 valence electrons. The van der Waals surface area contributed by atoms with E-state index in [-0.39, 0.29) is 6.04 Å². The molecule has 2 N–H and O–H groups in total. The zero-order chi connectivity index (χ0) is 13.0. The van der Waals surface area contributed by atoms with Crippen molar-refractivity contribution in [2.75, 3.05) is 0 Å². The van der Waals surface area contributed by atoms with Gasteiger partial charge in [0.05, 0.1) is 6.04 Å². The van der Waals surface area contributed by atoms with Gasteiger partial charge in [-0.15, -0.1) is 0 Å². The maximum Gasteiger partial charge on any atom is 0.0557 e. The normalized spacial score (nSPS) is 13.7. The number of hydrogen-bond donors (Lipinski definition) is 1. The summed E-state index contributed by atoms with van der Waals surface area (Å²) in [6.07, 6.45) is 2.20. The van der Waals surface area contributed by atoms with Crippen LogP contribution in [0.3, 0.4) is 0 Å². The quantitative estimate of drug-likeness (QED) is 0.742. The molecular formula is C17H21N. The van der Waals surface area contributed by atoms with Crippen molar-refractivity contribution in [2.45, 2.75) is 32.7 Å². The Balaban J connectivity index is 0.000000574. The van der Waals surface area contributed by atoms with E-state index in [9.17, 15) is 0 Å². The molecule has 2 aromatic rings. The summed E-state index contributed by atoms with van der Waals surface area (Å²) in [5.74, 6) is 0. The second-order valence-electron chi connectivity index (χ2n) is 4.38. The molecule has 18 heavy (non-hydrogen) atoms. The number of rotatable bonds is 0. The summed E-state index contributed by atoms with van der Waals surface area (Å²) in [7, 11) is 0. The van der Waals surface area contributed by atoms with Gasteiger partial charge in [0.25, 0.3) is 0 Å². The van der Waals surface area contributed by atoms with Gasteiger partial charge in [0, 0.05) is 0 Å². The summed E-state index contributed by atoms with van der Waals surface area (Å²) in [5.41, 5.74) is 11.7. The van der Waals surface area contributed by atoms with Crippen molar-refractivity contribution in [3.05, 3.63) is 70.8 Å². The third kappa shape index (κ3) is 2.32. The van der Waals surface area contributed by atoms with Crippen molar-refractivity contribution >= 4 is 0 Å². The Bertz CT molecular complexity index is 469. The summed E-state index contributed by atoms with van der Waals surface area (Å²) < 4.78 is 0. The minimum Gasteiger partial charge on any atom is -0.320 e. The first-order valence-corrected chi connectivity index (χ1v) is 6.77. The largest absolute Gasteiger partial charge is 0.320 e. The standard InChI is InChI=1S/C15H15N.C2H6/c16-15-13-7-3-1-5-11(13)9-10-12-6-2-4-8-14(12)15;1-2/h1-8,15H,9-10,16H2;1-2H3. The molecule has 0 amide bonds. The molecule has 3 rings (SSSR count). The Labute approximate surface area is 110 Å². The van der Waals surface area contributed by atoms with Gasteiger partial charge in [-0.05, 0) is 35.1 Å². The molecule has 0 aliphatic heterocycles. The number of benzene rings is 2. The van der Waals surface area contributed by atoms with Crippen LogP contribution < -0.4 is 5.73 Å². The SMILES string of the molecule is CC.NC1c2ccccc2CCc2ccccc21. The van der Waals surface area contributed by atoms with Crippen molar-refractivity contribution in [3.63, 3.8) is 0 Å². The zero-order valence-corrected chi connectivity index (χ0v) is 11.2. The molecular weight excluding hydrogens is 218 g/mol. The van der Waals surface area contributed by atoms with E-state index in [1.807, 2.05) is 13.8 Å². The first-order chi connectivity index (χ1) is 8.86. The zero-order valence-electron chi connectivity index (χ0n) is 11.2. The second-order valence-corrected chi connectivity index (χ2v) is 4.38. The highest BCUT2D eigenvalue weighted by Crippen LogP contribution is 2.30. The van der Waals surface area contributed by atoms with Crippen LogP contribution in [0.1, 0.15) is 42.1 Å². The van der Waals surface area contributed by atoms with Crippen molar-refractivity contribution in [3.8, 4) is 0 Å². The summed E-state index contributed by atoms with van der Waals surface area (Å²) in [6, 6.07) is 17.1. The Hall–Kier alpha value is -1.60. The fraction of sp³-hybridized carbons (Fsp3) is 0.294. The number of hydrogen-bond acceptors (Lipinski definition) is 1. The highest BCUT2D eigenvalue weighted by atomic mass is 14.6. The molecule has 0 aromatic heterocycles. The first-order valence-electron chi connectivity index (χ1n) is 6.77. The van der Waals surface area contributed by atoms with Gasteiger partial charge in [0.2, 0.25) is 0 Å². The molecule has 1 aliphatic rings. The van der Waals surface area contributed by atoms with Gasteiger partial charge in [-0.3, -0.25) is 0 Å². The third-order valence-electron chi connectivity index (χ3n) is 3.44. The van der Waals surface area contributed by atoms with E-state index < -0.39 is 0 Å². The van der Waals surface area contributed by atoms with Crippen LogP contribution in [0.4, 0.5) is 0 Å².